The predicted octanol–water partition coefficient (Wildman–Crippen LogP) is 2.08. The van der Waals surface area contributed by atoms with Crippen LogP contribution in [-0.4, -0.2) is 22.7 Å². The molecule has 1 fully saturated rings. The summed E-state index contributed by atoms with van der Waals surface area (Å²) in [6, 6.07) is 6.91. The summed E-state index contributed by atoms with van der Waals surface area (Å²) in [5, 5.41) is 10.1. The second kappa shape index (κ2) is 4.51. The Labute approximate surface area is 108 Å². The Bertz CT molecular complexity index is 698. The average molecular weight is 259 g/mol. The lowest BCUT2D eigenvalue weighted by molar-refractivity contribution is 0.0690. The Balaban J connectivity index is 2.15. The van der Waals surface area contributed by atoms with Gasteiger partial charge in [0, 0.05) is 12.0 Å². The molecule has 0 saturated carbocycles. The Morgan fingerprint density at radius 3 is 2.89 bits per heavy atom. The summed E-state index contributed by atoms with van der Waals surface area (Å²) in [6.45, 7) is 0.748. The van der Waals surface area contributed by atoms with E-state index in [1.807, 2.05) is 12.1 Å². The van der Waals surface area contributed by atoms with E-state index in [1.54, 1.807) is 6.07 Å². The van der Waals surface area contributed by atoms with Crippen molar-refractivity contribution in [1.29, 1.82) is 0 Å². The molecule has 0 aliphatic carbocycles. The third kappa shape index (κ3) is 2.13. The van der Waals surface area contributed by atoms with Crippen LogP contribution in [0.25, 0.3) is 10.8 Å². The lowest BCUT2D eigenvalue weighted by atomic mass is 10.0. The van der Waals surface area contributed by atoms with Gasteiger partial charge in [-0.2, -0.15) is 0 Å². The van der Waals surface area contributed by atoms with E-state index in [1.165, 1.54) is 6.07 Å². The Morgan fingerprint density at radius 2 is 2.21 bits per heavy atom. The largest absolute Gasteiger partial charge is 0.477 e. The Kier molecular flexibility index (Phi) is 2.83. The number of carbonyl (C=O) groups is 1. The second-order valence-electron chi connectivity index (χ2n) is 4.67. The van der Waals surface area contributed by atoms with Crippen molar-refractivity contribution in [2.45, 2.75) is 18.9 Å². The van der Waals surface area contributed by atoms with Gasteiger partial charge >= 0.3 is 5.97 Å². The zero-order chi connectivity index (χ0) is 13.4. The van der Waals surface area contributed by atoms with E-state index in [-0.39, 0.29) is 17.4 Å². The van der Waals surface area contributed by atoms with Crippen LogP contribution in [0.5, 0.6) is 0 Å². The van der Waals surface area contributed by atoms with Crippen LogP contribution in [0.15, 0.2) is 29.1 Å². The van der Waals surface area contributed by atoms with Gasteiger partial charge in [-0.25, -0.2) is 4.79 Å². The number of aromatic nitrogens is 1. The summed E-state index contributed by atoms with van der Waals surface area (Å²) in [7, 11) is 0. The molecule has 0 amide bonds. The monoisotopic (exact) mass is 259 g/mol. The van der Waals surface area contributed by atoms with Gasteiger partial charge in [0.1, 0.15) is 5.69 Å². The quantitative estimate of drug-likeness (QED) is 0.865. The second-order valence-corrected chi connectivity index (χ2v) is 4.67. The number of hydrogen-bond acceptors (Lipinski definition) is 3. The number of benzene rings is 1. The first-order valence-corrected chi connectivity index (χ1v) is 6.17. The normalized spacial score (nSPS) is 18.8. The minimum absolute atomic E-state index is 0.0527. The van der Waals surface area contributed by atoms with Crippen molar-refractivity contribution in [1.82, 2.24) is 4.98 Å². The van der Waals surface area contributed by atoms with E-state index in [0.29, 0.717) is 10.8 Å². The molecule has 1 aromatic carbocycles. The summed E-state index contributed by atoms with van der Waals surface area (Å²) in [5.41, 5.74) is 0.516. The summed E-state index contributed by atoms with van der Waals surface area (Å²) in [4.78, 5) is 25.1. The maximum Gasteiger partial charge on any atom is 0.352 e. The number of hydrogen-bond donors (Lipinski definition) is 2. The van der Waals surface area contributed by atoms with E-state index in [2.05, 4.69) is 4.98 Å². The lowest BCUT2D eigenvalue weighted by Crippen LogP contribution is -2.13. The number of nitrogens with one attached hydrogen (secondary N) is 1. The number of rotatable bonds is 2. The van der Waals surface area contributed by atoms with E-state index in [4.69, 9.17) is 9.84 Å². The first kappa shape index (κ1) is 11.9. The van der Waals surface area contributed by atoms with Gasteiger partial charge in [-0.1, -0.05) is 6.07 Å². The van der Waals surface area contributed by atoms with Crippen LogP contribution in [0.1, 0.15) is 35.0 Å². The van der Waals surface area contributed by atoms with Crippen LogP contribution in [0.4, 0.5) is 0 Å². The summed E-state index contributed by atoms with van der Waals surface area (Å²) >= 11 is 0. The molecule has 2 N–H and O–H groups in total. The molecule has 19 heavy (non-hydrogen) atoms. The van der Waals surface area contributed by atoms with Gasteiger partial charge in [0.25, 0.3) is 5.56 Å². The molecule has 1 atom stereocenters. The summed E-state index contributed by atoms with van der Waals surface area (Å²) in [6.07, 6.45) is 2.04. The third-order valence-corrected chi connectivity index (χ3v) is 3.40. The molecule has 5 nitrogen and oxygen atoms in total. The molecule has 2 aromatic rings. The predicted molar refractivity (Wildman–Crippen MR) is 69.5 cm³/mol. The Hall–Kier alpha value is -2.14. The van der Waals surface area contributed by atoms with Crippen LogP contribution in [0.2, 0.25) is 0 Å². The van der Waals surface area contributed by atoms with Crippen molar-refractivity contribution in [3.63, 3.8) is 0 Å². The van der Waals surface area contributed by atoms with Gasteiger partial charge in [0.05, 0.1) is 6.10 Å². The smallest absolute Gasteiger partial charge is 0.352 e. The van der Waals surface area contributed by atoms with Crippen molar-refractivity contribution in [2.24, 2.45) is 0 Å². The van der Waals surface area contributed by atoms with E-state index in [0.717, 1.165) is 25.0 Å². The van der Waals surface area contributed by atoms with Gasteiger partial charge in [0.15, 0.2) is 0 Å². The zero-order valence-corrected chi connectivity index (χ0v) is 10.2. The van der Waals surface area contributed by atoms with Gasteiger partial charge in [-0.15, -0.1) is 0 Å². The molecule has 2 heterocycles. The molecule has 1 saturated heterocycles. The van der Waals surface area contributed by atoms with Crippen molar-refractivity contribution >= 4 is 16.7 Å². The zero-order valence-electron chi connectivity index (χ0n) is 10.2. The third-order valence-electron chi connectivity index (χ3n) is 3.40. The lowest BCUT2D eigenvalue weighted by Gasteiger charge is -2.10. The van der Waals surface area contributed by atoms with E-state index < -0.39 is 5.97 Å². The molecule has 1 aliphatic heterocycles. The number of H-pyrrole nitrogens is 1. The molecule has 3 rings (SSSR count). The molecule has 98 valence electrons. The topological polar surface area (TPSA) is 79.4 Å². The fourth-order valence-corrected chi connectivity index (χ4v) is 2.44. The number of carboxylic acid groups (broad SMARTS) is 1. The van der Waals surface area contributed by atoms with Crippen LogP contribution in [0.3, 0.4) is 0 Å². The molecule has 0 radical (unpaired) electrons. The number of ether oxygens (including phenoxy) is 1. The summed E-state index contributed by atoms with van der Waals surface area (Å²) < 4.78 is 5.59. The number of aromatic amines is 1. The van der Waals surface area contributed by atoms with Crippen molar-refractivity contribution < 1.29 is 14.6 Å². The molecule has 1 aromatic heterocycles. The maximum absolute atomic E-state index is 11.8. The number of fused-ring (bicyclic) bond motifs is 1. The maximum atomic E-state index is 11.8. The highest BCUT2D eigenvalue weighted by molar-refractivity contribution is 5.92. The van der Waals surface area contributed by atoms with Crippen LogP contribution in [0, 0.1) is 0 Å². The van der Waals surface area contributed by atoms with Crippen LogP contribution >= 0.6 is 0 Å². The number of aromatic carboxylic acids is 1. The van der Waals surface area contributed by atoms with E-state index >= 15 is 0 Å². The first-order valence-electron chi connectivity index (χ1n) is 6.17. The van der Waals surface area contributed by atoms with Gasteiger partial charge in [0.2, 0.25) is 0 Å². The first-order chi connectivity index (χ1) is 9.15. The van der Waals surface area contributed by atoms with Gasteiger partial charge in [-0.3, -0.25) is 4.79 Å². The highest BCUT2D eigenvalue weighted by Crippen LogP contribution is 2.29. The molecular weight excluding hydrogens is 246 g/mol. The molecule has 5 heteroatoms. The fraction of sp³-hybridized carbons (Fsp3) is 0.286. The van der Waals surface area contributed by atoms with Gasteiger partial charge < -0.3 is 14.8 Å². The fourth-order valence-electron chi connectivity index (χ4n) is 2.44. The molecular formula is C14H13NO4. The molecule has 0 bridgehead atoms. The van der Waals surface area contributed by atoms with Gasteiger partial charge in [-0.05, 0) is 42.0 Å². The minimum atomic E-state index is -1.14. The highest BCUT2D eigenvalue weighted by Gasteiger charge is 2.18. The number of pyridine rings is 1. The highest BCUT2D eigenvalue weighted by atomic mass is 16.5. The van der Waals surface area contributed by atoms with E-state index in [9.17, 15) is 9.59 Å². The standard InChI is InChI=1S/C14H13NO4/c16-13-10-4-3-8(12-2-1-5-19-12)6-9(10)7-11(15-13)14(17)18/h3-4,6-7,12H,1-2,5H2,(H,15,16)(H,17,18). The van der Waals surface area contributed by atoms with Crippen molar-refractivity contribution in [3.8, 4) is 0 Å². The SMILES string of the molecule is O=C(O)c1cc2cc(C3CCCO3)ccc2c(=O)[nH]1. The molecule has 1 aliphatic rings. The number of carboxylic acids is 1. The van der Waals surface area contributed by atoms with Crippen LogP contribution in [-0.2, 0) is 4.74 Å². The Morgan fingerprint density at radius 1 is 1.37 bits per heavy atom. The summed E-state index contributed by atoms with van der Waals surface area (Å²) in [5.74, 6) is -1.14. The van der Waals surface area contributed by atoms with Crippen molar-refractivity contribution in [3.05, 3.63) is 45.9 Å². The molecule has 1 unspecified atom stereocenters. The minimum Gasteiger partial charge on any atom is -0.477 e. The van der Waals surface area contributed by atoms with Crippen molar-refractivity contribution in [2.75, 3.05) is 6.61 Å². The molecule has 0 spiro atoms. The average Bonchev–Trinajstić information content (AvgIpc) is 2.91. The van der Waals surface area contributed by atoms with Crippen LogP contribution < -0.4 is 5.56 Å².